The molecule has 0 aliphatic rings. The fraction of sp³-hybridized carbons (Fsp3) is 0.389. The van der Waals surface area contributed by atoms with Crippen LogP contribution in [-0.4, -0.2) is 18.7 Å². The Morgan fingerprint density at radius 3 is 2.21 bits per heavy atom. The number of hydrogen-bond acceptors (Lipinski definition) is 3. The number of hydrogen-bond donors (Lipinski definition) is 0. The number of aromatic nitrogens is 4. The highest BCUT2D eigenvalue weighted by molar-refractivity contribution is 5.70. The van der Waals surface area contributed by atoms with Gasteiger partial charge in [-0.05, 0) is 16.5 Å². The molecular weight excluding hydrogens is 304 g/mol. The van der Waals surface area contributed by atoms with E-state index in [9.17, 15) is 9.59 Å². The summed E-state index contributed by atoms with van der Waals surface area (Å²) in [5, 5.41) is 0. The third-order valence-corrected chi connectivity index (χ3v) is 4.39. The van der Waals surface area contributed by atoms with E-state index in [-0.39, 0.29) is 16.7 Å². The van der Waals surface area contributed by atoms with Crippen LogP contribution in [0.25, 0.3) is 11.2 Å². The number of imidazole rings is 1. The molecule has 24 heavy (non-hydrogen) atoms. The first-order valence-electron chi connectivity index (χ1n) is 7.90. The summed E-state index contributed by atoms with van der Waals surface area (Å²) in [5.74, 6) is 0. The Bertz CT molecular complexity index is 1010. The van der Waals surface area contributed by atoms with Crippen molar-refractivity contribution >= 4 is 11.2 Å². The van der Waals surface area contributed by atoms with Crippen molar-refractivity contribution in [1.29, 1.82) is 0 Å². The summed E-state index contributed by atoms with van der Waals surface area (Å²) in [6.07, 6.45) is 1.61. The Balaban J connectivity index is 2.06. The first-order valence-corrected chi connectivity index (χ1v) is 7.90. The van der Waals surface area contributed by atoms with Crippen LogP contribution < -0.4 is 11.2 Å². The van der Waals surface area contributed by atoms with Crippen molar-refractivity contribution in [2.75, 3.05) is 0 Å². The number of aryl methyl sites for hydroxylation is 1. The summed E-state index contributed by atoms with van der Waals surface area (Å²) in [5.41, 5.74) is 2.62. The second-order valence-corrected chi connectivity index (χ2v) is 7.20. The van der Waals surface area contributed by atoms with Crippen molar-refractivity contribution in [3.05, 3.63) is 62.6 Å². The first-order chi connectivity index (χ1) is 11.2. The zero-order valence-corrected chi connectivity index (χ0v) is 14.7. The van der Waals surface area contributed by atoms with Gasteiger partial charge in [-0.1, -0.05) is 45.0 Å². The van der Waals surface area contributed by atoms with Gasteiger partial charge < -0.3 is 4.57 Å². The van der Waals surface area contributed by atoms with Crippen molar-refractivity contribution in [2.45, 2.75) is 32.7 Å². The molecule has 6 nitrogen and oxygen atoms in total. The molecular formula is C18H22N4O2. The van der Waals surface area contributed by atoms with Gasteiger partial charge in [-0.25, -0.2) is 9.78 Å². The molecule has 3 aromatic rings. The lowest BCUT2D eigenvalue weighted by atomic mass is 9.87. The van der Waals surface area contributed by atoms with Gasteiger partial charge in [-0.3, -0.25) is 13.9 Å². The number of nitrogens with zero attached hydrogens (tertiary/aromatic N) is 4. The van der Waals surface area contributed by atoms with Crippen LogP contribution in [0.15, 0.2) is 40.2 Å². The lowest BCUT2D eigenvalue weighted by Gasteiger charge is -2.19. The molecule has 1 aromatic carbocycles. The topological polar surface area (TPSA) is 61.8 Å². The maximum absolute atomic E-state index is 12.4. The second-order valence-electron chi connectivity index (χ2n) is 7.20. The molecule has 0 bridgehead atoms. The van der Waals surface area contributed by atoms with Gasteiger partial charge in [0.2, 0.25) is 0 Å². The molecule has 0 saturated carbocycles. The van der Waals surface area contributed by atoms with Crippen LogP contribution in [0.5, 0.6) is 0 Å². The smallest absolute Gasteiger partial charge is 0.320 e. The maximum Gasteiger partial charge on any atom is 0.332 e. The predicted octanol–water partition coefficient (Wildman–Crippen LogP) is 1.78. The average Bonchev–Trinajstić information content (AvgIpc) is 2.94. The molecule has 0 aliphatic carbocycles. The first kappa shape index (κ1) is 16.2. The molecule has 0 spiro atoms. The predicted molar refractivity (Wildman–Crippen MR) is 94.5 cm³/mol. The third-order valence-electron chi connectivity index (χ3n) is 4.39. The summed E-state index contributed by atoms with van der Waals surface area (Å²) >= 11 is 0. The van der Waals surface area contributed by atoms with Gasteiger partial charge in [-0.2, -0.15) is 0 Å². The number of fused-ring (bicyclic) bond motifs is 1. The lowest BCUT2D eigenvalue weighted by Crippen LogP contribution is -2.37. The molecule has 3 rings (SSSR count). The van der Waals surface area contributed by atoms with E-state index in [1.807, 2.05) is 0 Å². The molecule has 0 unspecified atom stereocenters. The lowest BCUT2D eigenvalue weighted by molar-refractivity contribution is 0.590. The van der Waals surface area contributed by atoms with Crippen LogP contribution in [-0.2, 0) is 26.1 Å². The third kappa shape index (κ3) is 2.58. The Labute approximate surface area is 140 Å². The van der Waals surface area contributed by atoms with E-state index in [4.69, 9.17) is 0 Å². The summed E-state index contributed by atoms with van der Waals surface area (Å²) in [6.45, 7) is 7.06. The second kappa shape index (κ2) is 5.47. The minimum atomic E-state index is -0.368. The van der Waals surface area contributed by atoms with Crippen LogP contribution >= 0.6 is 0 Å². The van der Waals surface area contributed by atoms with E-state index in [1.165, 1.54) is 17.2 Å². The SMILES string of the molecule is Cn1c(=O)c2c(ncn2Cc2ccc(C(C)(C)C)cc2)n(C)c1=O. The van der Waals surface area contributed by atoms with Gasteiger partial charge in [0.05, 0.1) is 6.33 Å². The molecule has 0 amide bonds. The van der Waals surface area contributed by atoms with Gasteiger partial charge in [0.15, 0.2) is 11.2 Å². The highest BCUT2D eigenvalue weighted by atomic mass is 16.2. The highest BCUT2D eigenvalue weighted by Gasteiger charge is 2.15. The average molecular weight is 326 g/mol. The molecule has 0 saturated heterocycles. The van der Waals surface area contributed by atoms with Gasteiger partial charge in [0, 0.05) is 20.6 Å². The van der Waals surface area contributed by atoms with E-state index in [0.717, 1.165) is 10.1 Å². The Morgan fingerprint density at radius 2 is 1.62 bits per heavy atom. The molecule has 0 fully saturated rings. The maximum atomic E-state index is 12.4. The molecule has 0 aliphatic heterocycles. The summed E-state index contributed by atoms with van der Waals surface area (Å²) in [7, 11) is 3.11. The van der Waals surface area contributed by atoms with Crippen LogP contribution in [0.3, 0.4) is 0 Å². The molecule has 2 heterocycles. The van der Waals surface area contributed by atoms with Crippen LogP contribution in [0.1, 0.15) is 31.9 Å². The number of rotatable bonds is 2. The Morgan fingerprint density at radius 1 is 1.00 bits per heavy atom. The van der Waals surface area contributed by atoms with Crippen LogP contribution in [0.2, 0.25) is 0 Å². The molecule has 0 radical (unpaired) electrons. The zero-order chi connectivity index (χ0) is 17.6. The molecule has 2 aromatic heterocycles. The van der Waals surface area contributed by atoms with Crippen molar-refractivity contribution in [3.63, 3.8) is 0 Å². The fourth-order valence-corrected chi connectivity index (χ4v) is 2.82. The Hall–Kier alpha value is -2.63. The Kier molecular flexibility index (Phi) is 3.70. The quantitative estimate of drug-likeness (QED) is 0.721. The van der Waals surface area contributed by atoms with Gasteiger partial charge in [0.1, 0.15) is 0 Å². The minimum Gasteiger partial charge on any atom is -0.320 e. The van der Waals surface area contributed by atoms with Crippen molar-refractivity contribution in [1.82, 2.24) is 18.7 Å². The van der Waals surface area contributed by atoms with E-state index in [0.29, 0.717) is 17.7 Å². The van der Waals surface area contributed by atoms with Crippen molar-refractivity contribution in [2.24, 2.45) is 14.1 Å². The van der Waals surface area contributed by atoms with Gasteiger partial charge in [0.25, 0.3) is 5.56 Å². The number of benzene rings is 1. The van der Waals surface area contributed by atoms with Crippen LogP contribution in [0.4, 0.5) is 0 Å². The van der Waals surface area contributed by atoms with Crippen molar-refractivity contribution in [3.8, 4) is 0 Å². The molecule has 126 valence electrons. The van der Waals surface area contributed by atoms with E-state index >= 15 is 0 Å². The van der Waals surface area contributed by atoms with E-state index in [2.05, 4.69) is 50.0 Å². The largest absolute Gasteiger partial charge is 0.332 e. The molecule has 6 heteroatoms. The highest BCUT2D eigenvalue weighted by Crippen LogP contribution is 2.22. The van der Waals surface area contributed by atoms with E-state index in [1.54, 1.807) is 17.9 Å². The fourth-order valence-electron chi connectivity index (χ4n) is 2.82. The molecule has 0 N–H and O–H groups in total. The summed E-state index contributed by atoms with van der Waals surface area (Å²) in [4.78, 5) is 28.7. The van der Waals surface area contributed by atoms with E-state index < -0.39 is 0 Å². The monoisotopic (exact) mass is 326 g/mol. The summed E-state index contributed by atoms with van der Waals surface area (Å²) < 4.78 is 4.31. The normalized spacial score (nSPS) is 12.0. The summed E-state index contributed by atoms with van der Waals surface area (Å²) in [6, 6.07) is 8.36. The van der Waals surface area contributed by atoms with Gasteiger partial charge in [-0.15, -0.1) is 0 Å². The zero-order valence-electron chi connectivity index (χ0n) is 14.7. The van der Waals surface area contributed by atoms with Crippen molar-refractivity contribution < 1.29 is 0 Å². The standard InChI is InChI=1S/C18H22N4O2/c1-18(2,3)13-8-6-12(7-9-13)10-22-11-19-15-14(22)16(23)21(5)17(24)20(15)4/h6-9,11H,10H2,1-5H3. The van der Waals surface area contributed by atoms with Gasteiger partial charge >= 0.3 is 5.69 Å². The minimum absolute atomic E-state index is 0.106. The molecule has 0 atom stereocenters. The van der Waals surface area contributed by atoms with Crippen LogP contribution in [0, 0.1) is 0 Å².